The number of sulfonamides is 1. The first kappa shape index (κ1) is 18.7. The van der Waals surface area contributed by atoms with E-state index in [9.17, 15) is 13.2 Å². The molecule has 1 aliphatic heterocycles. The number of thiophene rings is 1. The van der Waals surface area contributed by atoms with Crippen LogP contribution in [-0.2, 0) is 22.9 Å². The number of aryl methyl sites for hydroxylation is 2. The van der Waals surface area contributed by atoms with Crippen molar-refractivity contribution in [1.82, 2.24) is 4.31 Å². The van der Waals surface area contributed by atoms with Gasteiger partial charge in [0.15, 0.2) is 0 Å². The number of hydrogen-bond acceptors (Lipinski definition) is 4. The van der Waals surface area contributed by atoms with Gasteiger partial charge in [-0.05, 0) is 73.9 Å². The Labute approximate surface area is 164 Å². The molecule has 7 heteroatoms. The van der Waals surface area contributed by atoms with Crippen LogP contribution in [0.5, 0.6) is 0 Å². The highest BCUT2D eigenvalue weighted by molar-refractivity contribution is 7.89. The number of carbonyl (C=O) groups excluding carboxylic acids is 1. The van der Waals surface area contributed by atoms with E-state index in [1.165, 1.54) is 16.9 Å². The summed E-state index contributed by atoms with van der Waals surface area (Å²) in [5.41, 5.74) is 1.90. The summed E-state index contributed by atoms with van der Waals surface area (Å²) in [7, 11) is -3.46. The van der Waals surface area contributed by atoms with Gasteiger partial charge in [0, 0.05) is 23.7 Å². The van der Waals surface area contributed by atoms with Crippen LogP contribution in [0.2, 0.25) is 0 Å². The number of carbonyl (C=O) groups is 1. The van der Waals surface area contributed by atoms with Crippen molar-refractivity contribution in [2.45, 2.75) is 43.9 Å². The van der Waals surface area contributed by atoms with E-state index in [-0.39, 0.29) is 10.8 Å². The highest BCUT2D eigenvalue weighted by Crippen LogP contribution is 2.31. The van der Waals surface area contributed by atoms with Gasteiger partial charge < -0.3 is 5.32 Å². The highest BCUT2D eigenvalue weighted by atomic mass is 32.2. The zero-order valence-electron chi connectivity index (χ0n) is 15.4. The molecular formula is C20H24N2O3S2. The van der Waals surface area contributed by atoms with Crippen LogP contribution in [0.1, 0.15) is 46.3 Å². The van der Waals surface area contributed by atoms with Crippen LogP contribution >= 0.6 is 11.3 Å². The fourth-order valence-electron chi connectivity index (χ4n) is 3.72. The van der Waals surface area contributed by atoms with E-state index in [2.05, 4.69) is 12.2 Å². The van der Waals surface area contributed by atoms with Crippen molar-refractivity contribution < 1.29 is 13.2 Å². The van der Waals surface area contributed by atoms with Gasteiger partial charge in [-0.1, -0.05) is 6.92 Å². The molecule has 1 N–H and O–H groups in total. The molecule has 4 rings (SSSR count). The molecule has 1 aromatic heterocycles. The lowest BCUT2D eigenvalue weighted by molar-refractivity contribution is 0.103. The first-order chi connectivity index (χ1) is 12.9. The van der Waals surface area contributed by atoms with Gasteiger partial charge in [-0.2, -0.15) is 4.31 Å². The average molecular weight is 405 g/mol. The maximum atomic E-state index is 12.8. The second-order valence-electron chi connectivity index (χ2n) is 7.48. The Morgan fingerprint density at radius 1 is 1.15 bits per heavy atom. The molecule has 1 saturated heterocycles. The number of nitrogens with zero attached hydrogens (tertiary/aromatic N) is 1. The molecule has 0 atom stereocenters. The third kappa shape index (κ3) is 3.81. The summed E-state index contributed by atoms with van der Waals surface area (Å²) in [6.45, 7) is 3.31. The number of fused-ring (bicyclic) bond motifs is 1. The summed E-state index contributed by atoms with van der Waals surface area (Å²) in [6.07, 6.45) is 5.10. The number of anilines is 1. The molecule has 1 fully saturated rings. The quantitative estimate of drug-likeness (QED) is 0.840. The molecule has 2 aromatic rings. The van der Waals surface area contributed by atoms with E-state index in [0.29, 0.717) is 24.7 Å². The summed E-state index contributed by atoms with van der Waals surface area (Å²) in [5.74, 6) is 0.447. The minimum Gasteiger partial charge on any atom is -0.321 e. The highest BCUT2D eigenvalue weighted by Gasteiger charge is 2.28. The van der Waals surface area contributed by atoms with Gasteiger partial charge in [0.1, 0.15) is 0 Å². The van der Waals surface area contributed by atoms with Crippen molar-refractivity contribution in [3.8, 4) is 0 Å². The molecular weight excluding hydrogens is 380 g/mol. The van der Waals surface area contributed by atoms with Crippen LogP contribution in [0.25, 0.3) is 0 Å². The predicted octanol–water partition coefficient (Wildman–Crippen LogP) is 3.91. The van der Waals surface area contributed by atoms with Crippen LogP contribution < -0.4 is 5.32 Å². The Balaban J connectivity index is 1.44. The maximum absolute atomic E-state index is 12.8. The topological polar surface area (TPSA) is 66.5 Å². The molecule has 1 aliphatic carbocycles. The molecule has 27 heavy (non-hydrogen) atoms. The second-order valence-corrected chi connectivity index (χ2v) is 10.6. The Kier molecular flexibility index (Phi) is 5.09. The maximum Gasteiger partial charge on any atom is 0.265 e. The minimum absolute atomic E-state index is 0.130. The lowest BCUT2D eigenvalue weighted by atomic mass is 10.0. The third-order valence-corrected chi connectivity index (χ3v) is 8.61. The second kappa shape index (κ2) is 7.37. The number of hydrogen-bond donors (Lipinski definition) is 1. The molecule has 1 amide bonds. The Hall–Kier alpha value is -1.70. The van der Waals surface area contributed by atoms with E-state index < -0.39 is 10.0 Å². The monoisotopic (exact) mass is 404 g/mol. The van der Waals surface area contributed by atoms with Gasteiger partial charge in [0.2, 0.25) is 10.0 Å². The van der Waals surface area contributed by atoms with Gasteiger partial charge in [0.05, 0.1) is 9.77 Å². The molecule has 5 nitrogen and oxygen atoms in total. The van der Waals surface area contributed by atoms with Gasteiger partial charge >= 0.3 is 0 Å². The first-order valence-corrected chi connectivity index (χ1v) is 11.7. The number of benzene rings is 1. The number of nitrogens with one attached hydrogen (secondary N) is 1. The zero-order valence-corrected chi connectivity index (χ0v) is 17.0. The molecule has 0 spiro atoms. The van der Waals surface area contributed by atoms with Crippen molar-refractivity contribution in [2.24, 2.45) is 5.92 Å². The van der Waals surface area contributed by atoms with Crippen LogP contribution in [0.4, 0.5) is 5.69 Å². The molecule has 2 heterocycles. The van der Waals surface area contributed by atoms with E-state index in [0.717, 1.165) is 30.6 Å². The standard InChI is InChI=1S/C20H24N2O3S2/c1-14-9-11-22(12-10-14)27(24,25)17-7-5-16(6-8-17)21-20(23)19-13-15-3-2-4-18(15)26-19/h5-8,13-14H,2-4,9-12H2,1H3,(H,21,23). The molecule has 0 bridgehead atoms. The SMILES string of the molecule is CC1CCN(S(=O)(=O)c2ccc(NC(=O)c3cc4c(s3)CCC4)cc2)CC1. The molecule has 144 valence electrons. The third-order valence-electron chi connectivity index (χ3n) is 5.46. The van der Waals surface area contributed by atoms with Crippen molar-refractivity contribution in [2.75, 3.05) is 18.4 Å². The van der Waals surface area contributed by atoms with E-state index in [4.69, 9.17) is 0 Å². The zero-order chi connectivity index (χ0) is 19.0. The summed E-state index contributed by atoms with van der Waals surface area (Å²) < 4.78 is 27.1. The molecule has 0 radical (unpaired) electrons. The van der Waals surface area contributed by atoms with Crippen molar-refractivity contribution in [3.05, 3.63) is 45.6 Å². The van der Waals surface area contributed by atoms with Crippen LogP contribution in [-0.4, -0.2) is 31.7 Å². The van der Waals surface area contributed by atoms with E-state index in [1.807, 2.05) is 6.07 Å². The minimum atomic E-state index is -3.46. The number of rotatable bonds is 4. The van der Waals surface area contributed by atoms with Gasteiger partial charge in [-0.15, -0.1) is 11.3 Å². The van der Waals surface area contributed by atoms with E-state index in [1.54, 1.807) is 39.9 Å². The van der Waals surface area contributed by atoms with Crippen LogP contribution in [0, 0.1) is 5.92 Å². The smallest absolute Gasteiger partial charge is 0.265 e. The summed E-state index contributed by atoms with van der Waals surface area (Å²) in [4.78, 5) is 14.8. The van der Waals surface area contributed by atoms with E-state index >= 15 is 0 Å². The normalized spacial score (nSPS) is 18.4. The Bertz CT molecular complexity index is 919. The van der Waals surface area contributed by atoms with Crippen molar-refractivity contribution >= 4 is 33.0 Å². The number of piperidine rings is 1. The lowest BCUT2D eigenvalue weighted by Crippen LogP contribution is -2.37. The fourth-order valence-corrected chi connectivity index (χ4v) is 6.34. The van der Waals surface area contributed by atoms with Crippen LogP contribution in [0.3, 0.4) is 0 Å². The molecule has 0 unspecified atom stereocenters. The summed E-state index contributed by atoms with van der Waals surface area (Å²) >= 11 is 1.56. The Morgan fingerprint density at radius 2 is 1.85 bits per heavy atom. The summed E-state index contributed by atoms with van der Waals surface area (Å²) in [6, 6.07) is 8.48. The van der Waals surface area contributed by atoms with Gasteiger partial charge in [-0.3, -0.25) is 4.79 Å². The fraction of sp³-hybridized carbons (Fsp3) is 0.450. The lowest BCUT2D eigenvalue weighted by Gasteiger charge is -2.29. The molecule has 1 aromatic carbocycles. The van der Waals surface area contributed by atoms with Gasteiger partial charge in [0.25, 0.3) is 5.91 Å². The predicted molar refractivity (Wildman–Crippen MR) is 108 cm³/mol. The van der Waals surface area contributed by atoms with Crippen molar-refractivity contribution in [3.63, 3.8) is 0 Å². The van der Waals surface area contributed by atoms with Crippen molar-refractivity contribution in [1.29, 1.82) is 0 Å². The largest absolute Gasteiger partial charge is 0.321 e. The van der Waals surface area contributed by atoms with Gasteiger partial charge in [-0.25, -0.2) is 8.42 Å². The first-order valence-electron chi connectivity index (χ1n) is 9.46. The Morgan fingerprint density at radius 3 is 2.52 bits per heavy atom. The van der Waals surface area contributed by atoms with Crippen LogP contribution in [0.15, 0.2) is 35.2 Å². The average Bonchev–Trinajstić information content (AvgIpc) is 3.24. The molecule has 0 saturated carbocycles. The number of amides is 1. The summed E-state index contributed by atoms with van der Waals surface area (Å²) in [5, 5.41) is 2.87. The molecule has 2 aliphatic rings.